The van der Waals surface area contributed by atoms with Crippen molar-refractivity contribution in [2.24, 2.45) is 0 Å². The maximum atomic E-state index is 5.97. The lowest BCUT2D eigenvalue weighted by Gasteiger charge is -2.37. The first-order valence-corrected chi connectivity index (χ1v) is 8.04. The molecule has 3 saturated heterocycles. The quantitative estimate of drug-likeness (QED) is 0.764. The van der Waals surface area contributed by atoms with Gasteiger partial charge in [0.2, 0.25) is 0 Å². The average molecular weight is 268 g/mol. The number of likely N-dealkylation sites (tertiary alicyclic amines) is 1. The monoisotopic (exact) mass is 268 g/mol. The fraction of sp³-hybridized carbons (Fsp3) is 1.00. The first-order chi connectivity index (χ1) is 9.36. The minimum Gasteiger partial charge on any atom is -0.378 e. The Morgan fingerprint density at radius 3 is 2.89 bits per heavy atom. The smallest absolute Gasteiger partial charge is 0.0951 e. The van der Waals surface area contributed by atoms with Gasteiger partial charge in [0.1, 0.15) is 0 Å². The van der Waals surface area contributed by atoms with Gasteiger partial charge < -0.3 is 19.7 Å². The number of nitrogens with zero attached hydrogens (tertiary/aromatic N) is 1. The van der Waals surface area contributed by atoms with Crippen molar-refractivity contribution in [3.63, 3.8) is 0 Å². The number of rotatable bonds is 5. The minimum absolute atomic E-state index is 0.0465. The zero-order valence-corrected chi connectivity index (χ0v) is 12.0. The highest BCUT2D eigenvalue weighted by atomic mass is 16.6. The summed E-state index contributed by atoms with van der Waals surface area (Å²) in [6.07, 6.45) is 7.45. The van der Waals surface area contributed by atoms with Gasteiger partial charge in [0, 0.05) is 25.7 Å². The van der Waals surface area contributed by atoms with Crippen molar-refractivity contribution in [1.82, 2.24) is 10.2 Å². The summed E-state index contributed by atoms with van der Waals surface area (Å²) in [5, 5.41) is 3.73. The molecule has 0 aromatic carbocycles. The molecule has 19 heavy (non-hydrogen) atoms. The van der Waals surface area contributed by atoms with Crippen LogP contribution >= 0.6 is 0 Å². The van der Waals surface area contributed by atoms with E-state index in [9.17, 15) is 0 Å². The van der Waals surface area contributed by atoms with Gasteiger partial charge in [-0.15, -0.1) is 0 Å². The van der Waals surface area contributed by atoms with E-state index < -0.39 is 0 Å². The Morgan fingerprint density at radius 1 is 1.21 bits per heavy atom. The van der Waals surface area contributed by atoms with Gasteiger partial charge in [-0.1, -0.05) is 0 Å². The summed E-state index contributed by atoms with van der Waals surface area (Å²) in [6, 6.07) is 0.633. The number of ether oxygens (including phenoxy) is 2. The molecule has 4 heteroatoms. The van der Waals surface area contributed by atoms with Crippen molar-refractivity contribution in [2.45, 2.75) is 50.2 Å². The van der Waals surface area contributed by atoms with Crippen LogP contribution in [0.3, 0.4) is 0 Å². The molecule has 3 heterocycles. The Kier molecular flexibility index (Phi) is 4.74. The molecule has 0 aromatic heterocycles. The maximum absolute atomic E-state index is 5.97. The predicted molar refractivity (Wildman–Crippen MR) is 75.4 cm³/mol. The topological polar surface area (TPSA) is 33.7 Å². The van der Waals surface area contributed by atoms with Crippen LogP contribution < -0.4 is 5.32 Å². The molecule has 0 aliphatic carbocycles. The SMILES string of the molecule is C1CCN(CCCNC2CCOC3(CCOC3)C2)C1. The summed E-state index contributed by atoms with van der Waals surface area (Å²) in [5.74, 6) is 0. The molecule has 2 atom stereocenters. The van der Waals surface area contributed by atoms with E-state index in [1.165, 1.54) is 38.9 Å². The van der Waals surface area contributed by atoms with Crippen LogP contribution in [0.5, 0.6) is 0 Å². The fourth-order valence-electron chi connectivity index (χ4n) is 3.68. The van der Waals surface area contributed by atoms with Crippen LogP contribution in [0.25, 0.3) is 0 Å². The molecule has 1 N–H and O–H groups in total. The molecule has 3 fully saturated rings. The van der Waals surface area contributed by atoms with Gasteiger partial charge in [-0.3, -0.25) is 0 Å². The zero-order chi connectivity index (χ0) is 13.0. The third-order valence-corrected chi connectivity index (χ3v) is 4.84. The van der Waals surface area contributed by atoms with Crippen LogP contribution in [0.15, 0.2) is 0 Å². The molecule has 0 aromatic rings. The van der Waals surface area contributed by atoms with Gasteiger partial charge in [0.05, 0.1) is 12.2 Å². The molecule has 0 radical (unpaired) electrons. The standard InChI is InChI=1S/C15H28N2O2/c1-2-8-17(7-1)9-3-6-16-14-4-10-19-15(12-14)5-11-18-13-15/h14,16H,1-13H2. The van der Waals surface area contributed by atoms with Crippen LogP contribution in [-0.4, -0.2) is 62.5 Å². The van der Waals surface area contributed by atoms with Gasteiger partial charge in [0.25, 0.3) is 0 Å². The summed E-state index contributed by atoms with van der Waals surface area (Å²) in [7, 11) is 0. The molecule has 3 aliphatic rings. The van der Waals surface area contributed by atoms with Gasteiger partial charge in [-0.25, -0.2) is 0 Å². The van der Waals surface area contributed by atoms with E-state index in [0.717, 1.165) is 45.6 Å². The van der Waals surface area contributed by atoms with Crippen LogP contribution in [-0.2, 0) is 9.47 Å². The van der Waals surface area contributed by atoms with E-state index >= 15 is 0 Å². The Morgan fingerprint density at radius 2 is 2.11 bits per heavy atom. The van der Waals surface area contributed by atoms with Crippen molar-refractivity contribution >= 4 is 0 Å². The van der Waals surface area contributed by atoms with Gasteiger partial charge in [-0.05, 0) is 58.3 Å². The second-order valence-corrected chi connectivity index (χ2v) is 6.38. The molecular formula is C15H28N2O2. The van der Waals surface area contributed by atoms with Crippen molar-refractivity contribution in [3.05, 3.63) is 0 Å². The fourth-order valence-corrected chi connectivity index (χ4v) is 3.68. The molecule has 3 aliphatic heterocycles. The first-order valence-electron chi connectivity index (χ1n) is 8.04. The van der Waals surface area contributed by atoms with Crippen LogP contribution in [0.1, 0.15) is 38.5 Å². The Bertz CT molecular complexity index is 273. The molecule has 0 amide bonds. The molecule has 110 valence electrons. The second-order valence-electron chi connectivity index (χ2n) is 6.38. The van der Waals surface area contributed by atoms with Crippen molar-refractivity contribution in [3.8, 4) is 0 Å². The molecular weight excluding hydrogens is 240 g/mol. The van der Waals surface area contributed by atoms with E-state index in [2.05, 4.69) is 10.2 Å². The largest absolute Gasteiger partial charge is 0.378 e. The van der Waals surface area contributed by atoms with Gasteiger partial charge in [-0.2, -0.15) is 0 Å². The number of hydrogen-bond donors (Lipinski definition) is 1. The van der Waals surface area contributed by atoms with E-state index in [0.29, 0.717) is 6.04 Å². The molecule has 1 spiro atoms. The molecule has 0 bridgehead atoms. The van der Waals surface area contributed by atoms with Crippen LogP contribution in [0.4, 0.5) is 0 Å². The second kappa shape index (κ2) is 6.53. The Balaban J connectivity index is 1.33. The summed E-state index contributed by atoms with van der Waals surface area (Å²) in [5.41, 5.74) is 0.0465. The average Bonchev–Trinajstić information content (AvgIpc) is 3.07. The minimum atomic E-state index is 0.0465. The number of hydrogen-bond acceptors (Lipinski definition) is 4. The highest BCUT2D eigenvalue weighted by Crippen LogP contribution is 2.32. The van der Waals surface area contributed by atoms with Gasteiger partial charge >= 0.3 is 0 Å². The lowest BCUT2D eigenvalue weighted by molar-refractivity contribution is -0.0892. The highest BCUT2D eigenvalue weighted by molar-refractivity contribution is 4.92. The molecule has 3 rings (SSSR count). The zero-order valence-electron chi connectivity index (χ0n) is 12.0. The van der Waals surface area contributed by atoms with Crippen molar-refractivity contribution in [1.29, 1.82) is 0 Å². The van der Waals surface area contributed by atoms with E-state index in [4.69, 9.17) is 9.47 Å². The lowest BCUT2D eigenvalue weighted by atomic mass is 9.89. The van der Waals surface area contributed by atoms with E-state index in [1.807, 2.05) is 0 Å². The Labute approximate surface area is 116 Å². The third kappa shape index (κ3) is 3.69. The van der Waals surface area contributed by atoms with Crippen LogP contribution in [0.2, 0.25) is 0 Å². The molecule has 4 nitrogen and oxygen atoms in total. The third-order valence-electron chi connectivity index (χ3n) is 4.84. The predicted octanol–water partition coefficient (Wildman–Crippen LogP) is 1.40. The van der Waals surface area contributed by atoms with Crippen LogP contribution in [0, 0.1) is 0 Å². The van der Waals surface area contributed by atoms with E-state index in [-0.39, 0.29) is 5.60 Å². The van der Waals surface area contributed by atoms with Gasteiger partial charge in [0.15, 0.2) is 0 Å². The molecule has 0 saturated carbocycles. The summed E-state index contributed by atoms with van der Waals surface area (Å²) in [6.45, 7) is 7.63. The van der Waals surface area contributed by atoms with E-state index in [1.54, 1.807) is 0 Å². The summed E-state index contributed by atoms with van der Waals surface area (Å²) < 4.78 is 11.5. The maximum Gasteiger partial charge on any atom is 0.0951 e. The summed E-state index contributed by atoms with van der Waals surface area (Å²) >= 11 is 0. The van der Waals surface area contributed by atoms with Crippen molar-refractivity contribution < 1.29 is 9.47 Å². The number of nitrogens with one attached hydrogen (secondary N) is 1. The lowest BCUT2D eigenvalue weighted by Crippen LogP contribution is -2.47. The normalized spacial score (nSPS) is 36.3. The first kappa shape index (κ1) is 13.8. The Hall–Kier alpha value is -0.160. The molecule has 2 unspecified atom stereocenters. The highest BCUT2D eigenvalue weighted by Gasteiger charge is 2.40. The van der Waals surface area contributed by atoms with Crippen molar-refractivity contribution in [2.75, 3.05) is 46.0 Å². The summed E-state index contributed by atoms with van der Waals surface area (Å²) in [4.78, 5) is 2.60.